The summed E-state index contributed by atoms with van der Waals surface area (Å²) in [5, 5.41) is 5.86. The van der Waals surface area contributed by atoms with Crippen LogP contribution in [0.3, 0.4) is 0 Å². The molecule has 10 aromatic rings. The van der Waals surface area contributed by atoms with Gasteiger partial charge < -0.3 is 4.42 Å². The standard InChI is InChI=1S/C54H37NOS/c1-34-41(37-16-6-3-7-17-37)21-12-22-42(34)46-32-39-18-8-9-19-43(39)51-47-33-40(30-31-49(47)56-53(46)51)48-24-13-23-44(54-52(55-48)45-20-10-11-25-50(45)57-54)38-28-26-36(27-29-38)35-14-4-2-5-15-35/h2-12,14-23,25-33H,13,24H2,1H3/b44-23-,55-48+. The first kappa shape index (κ1) is 33.5. The van der Waals surface area contributed by atoms with Gasteiger partial charge in [-0.1, -0.05) is 152 Å². The Balaban J connectivity index is 1.06. The zero-order valence-corrected chi connectivity index (χ0v) is 32.3. The highest BCUT2D eigenvalue weighted by molar-refractivity contribution is 7.20. The van der Waals surface area contributed by atoms with Crippen molar-refractivity contribution >= 4 is 71.1 Å². The molecular formula is C54H37NOS. The Hall–Kier alpha value is -6.81. The number of furan rings is 1. The number of thiophene rings is 1. The zero-order chi connectivity index (χ0) is 37.9. The maximum absolute atomic E-state index is 6.89. The highest BCUT2D eigenvalue weighted by Gasteiger charge is 2.22. The van der Waals surface area contributed by atoms with E-state index in [9.17, 15) is 0 Å². The van der Waals surface area contributed by atoms with E-state index in [-0.39, 0.29) is 0 Å². The summed E-state index contributed by atoms with van der Waals surface area (Å²) in [6, 6.07) is 63.3. The molecule has 0 atom stereocenters. The van der Waals surface area contributed by atoms with E-state index in [2.05, 4.69) is 189 Å². The number of hydrogen-bond donors (Lipinski definition) is 0. The van der Waals surface area contributed by atoms with Gasteiger partial charge in [0.25, 0.3) is 0 Å². The molecule has 1 aliphatic rings. The quantitative estimate of drug-likeness (QED) is 0.172. The summed E-state index contributed by atoms with van der Waals surface area (Å²) in [5.41, 5.74) is 16.0. The van der Waals surface area contributed by atoms with Gasteiger partial charge in [-0.15, -0.1) is 11.3 Å². The van der Waals surface area contributed by atoms with Crippen molar-refractivity contribution in [3.63, 3.8) is 0 Å². The number of nitrogens with zero attached hydrogens (tertiary/aromatic N) is 1. The van der Waals surface area contributed by atoms with Crippen LogP contribution >= 0.6 is 11.3 Å². The average molecular weight is 748 g/mol. The Kier molecular flexibility index (Phi) is 8.08. The first-order valence-corrected chi connectivity index (χ1v) is 20.5. The van der Waals surface area contributed by atoms with Crippen LogP contribution < -0.4 is 0 Å². The smallest absolute Gasteiger partial charge is 0.143 e. The lowest BCUT2D eigenvalue weighted by molar-refractivity contribution is 0.670. The minimum Gasteiger partial charge on any atom is -0.455 e. The number of benzene rings is 8. The monoisotopic (exact) mass is 747 g/mol. The van der Waals surface area contributed by atoms with Crippen molar-refractivity contribution in [3.8, 4) is 33.4 Å². The summed E-state index contributed by atoms with van der Waals surface area (Å²) in [7, 11) is 0. The van der Waals surface area contributed by atoms with Crippen molar-refractivity contribution in [2.24, 2.45) is 4.99 Å². The van der Waals surface area contributed by atoms with Crippen molar-refractivity contribution in [1.29, 1.82) is 0 Å². The number of fused-ring (bicyclic) bond motifs is 8. The molecule has 3 heterocycles. The van der Waals surface area contributed by atoms with Crippen LogP contribution in [0.5, 0.6) is 0 Å². The van der Waals surface area contributed by atoms with Crippen LogP contribution in [-0.4, -0.2) is 5.71 Å². The molecule has 0 bridgehead atoms. The maximum atomic E-state index is 6.89. The summed E-state index contributed by atoms with van der Waals surface area (Å²) in [4.78, 5) is 6.82. The van der Waals surface area contributed by atoms with Gasteiger partial charge in [-0.25, -0.2) is 0 Å². The molecule has 0 aliphatic carbocycles. The fraction of sp³-hybridized carbons (Fsp3) is 0.0556. The predicted molar refractivity (Wildman–Crippen MR) is 243 cm³/mol. The summed E-state index contributed by atoms with van der Waals surface area (Å²) in [6.45, 7) is 2.23. The largest absolute Gasteiger partial charge is 0.455 e. The first-order chi connectivity index (χ1) is 28.2. The lowest BCUT2D eigenvalue weighted by atomic mass is 9.90. The fourth-order valence-corrected chi connectivity index (χ4v) is 9.96. The molecule has 0 saturated heterocycles. The minimum absolute atomic E-state index is 0.827. The zero-order valence-electron chi connectivity index (χ0n) is 31.5. The lowest BCUT2D eigenvalue weighted by Gasteiger charge is -2.15. The summed E-state index contributed by atoms with van der Waals surface area (Å²) in [5.74, 6) is 0. The maximum Gasteiger partial charge on any atom is 0.143 e. The Morgan fingerprint density at radius 1 is 0.526 bits per heavy atom. The van der Waals surface area contributed by atoms with Crippen LogP contribution in [0.1, 0.15) is 34.4 Å². The Labute approximate surface area is 335 Å². The molecule has 0 spiro atoms. The lowest BCUT2D eigenvalue weighted by Crippen LogP contribution is -2.02. The van der Waals surface area contributed by atoms with Gasteiger partial charge in [-0.2, -0.15) is 0 Å². The minimum atomic E-state index is 0.827. The van der Waals surface area contributed by atoms with Crippen LogP contribution in [0.25, 0.3) is 81.8 Å². The molecule has 2 nitrogen and oxygen atoms in total. The van der Waals surface area contributed by atoms with Gasteiger partial charge in [0.1, 0.15) is 11.2 Å². The molecule has 0 N–H and O–H groups in total. The summed E-state index contributed by atoms with van der Waals surface area (Å²) >= 11 is 1.84. The topological polar surface area (TPSA) is 25.5 Å². The second-order valence-corrected chi connectivity index (χ2v) is 16.0. The van der Waals surface area contributed by atoms with Crippen molar-refractivity contribution < 1.29 is 4.42 Å². The van der Waals surface area contributed by atoms with Gasteiger partial charge in [0.15, 0.2) is 0 Å². The number of hydrogen-bond acceptors (Lipinski definition) is 3. The molecule has 270 valence electrons. The molecule has 11 rings (SSSR count). The van der Waals surface area contributed by atoms with Gasteiger partial charge >= 0.3 is 0 Å². The van der Waals surface area contributed by atoms with Crippen LogP contribution in [0.2, 0.25) is 0 Å². The normalized spacial score (nSPS) is 14.9. The van der Waals surface area contributed by atoms with Gasteiger partial charge in [0, 0.05) is 32.1 Å². The van der Waals surface area contributed by atoms with Crippen molar-refractivity contribution in [2.75, 3.05) is 0 Å². The molecule has 57 heavy (non-hydrogen) atoms. The van der Waals surface area contributed by atoms with Crippen LogP contribution in [0.15, 0.2) is 191 Å². The van der Waals surface area contributed by atoms with Gasteiger partial charge in [0.05, 0.1) is 10.6 Å². The van der Waals surface area contributed by atoms with E-state index in [0.29, 0.717) is 0 Å². The third-order valence-electron chi connectivity index (χ3n) is 11.6. The molecule has 3 heteroatoms. The van der Waals surface area contributed by atoms with Gasteiger partial charge in [-0.3, -0.25) is 4.99 Å². The Morgan fingerprint density at radius 2 is 1.19 bits per heavy atom. The van der Waals surface area contributed by atoms with E-state index >= 15 is 0 Å². The van der Waals surface area contributed by atoms with E-state index in [1.807, 2.05) is 11.3 Å². The van der Waals surface area contributed by atoms with E-state index in [1.165, 1.54) is 70.3 Å². The van der Waals surface area contributed by atoms with Gasteiger partial charge in [-0.05, 0) is 111 Å². The molecular weight excluding hydrogens is 711 g/mol. The molecule has 0 saturated carbocycles. The van der Waals surface area contributed by atoms with E-state index in [0.717, 1.165) is 57.3 Å². The fourth-order valence-electron chi connectivity index (χ4n) is 8.76. The third-order valence-corrected chi connectivity index (χ3v) is 12.8. The molecule has 0 unspecified atom stereocenters. The van der Waals surface area contributed by atoms with Crippen molar-refractivity contribution in [3.05, 3.63) is 204 Å². The van der Waals surface area contributed by atoms with Crippen molar-refractivity contribution in [1.82, 2.24) is 0 Å². The van der Waals surface area contributed by atoms with E-state index in [1.54, 1.807) is 0 Å². The number of aliphatic imine (C=N–C) groups is 1. The first-order valence-electron chi connectivity index (χ1n) is 19.7. The van der Waals surface area contributed by atoms with Gasteiger partial charge in [0.2, 0.25) is 0 Å². The average Bonchev–Trinajstić information content (AvgIpc) is 3.82. The second-order valence-electron chi connectivity index (χ2n) is 14.9. The second kappa shape index (κ2) is 13.7. The van der Waals surface area contributed by atoms with Crippen LogP contribution in [0.4, 0.5) is 5.69 Å². The Bertz CT molecular complexity index is 3220. The SMILES string of the molecule is Cc1c(-c2ccccc2)cccc1-c1cc2ccccc2c2c1oc1ccc(/C3=N/c4c(sc5ccccc45)/C(c4ccc(-c5ccccc5)cc4)=C\CC3)cc12. The molecule has 1 aliphatic heterocycles. The van der Waals surface area contributed by atoms with E-state index < -0.39 is 0 Å². The predicted octanol–water partition coefficient (Wildman–Crippen LogP) is 15.6. The number of allylic oxidation sites excluding steroid dienone is 1. The highest BCUT2D eigenvalue weighted by atomic mass is 32.1. The molecule has 0 radical (unpaired) electrons. The van der Waals surface area contributed by atoms with Crippen LogP contribution in [0, 0.1) is 6.92 Å². The number of rotatable bonds is 5. The highest BCUT2D eigenvalue weighted by Crippen LogP contribution is 2.47. The van der Waals surface area contributed by atoms with Crippen LogP contribution in [-0.2, 0) is 0 Å². The summed E-state index contributed by atoms with van der Waals surface area (Å²) in [6.07, 6.45) is 4.14. The molecule has 0 fully saturated rings. The molecule has 2 aromatic heterocycles. The summed E-state index contributed by atoms with van der Waals surface area (Å²) < 4.78 is 8.14. The van der Waals surface area contributed by atoms with Crippen molar-refractivity contribution in [2.45, 2.75) is 19.8 Å². The third kappa shape index (κ3) is 5.74. The molecule has 0 amide bonds. The molecule has 8 aromatic carbocycles. The Morgan fingerprint density at radius 3 is 2.02 bits per heavy atom. The van der Waals surface area contributed by atoms with E-state index in [4.69, 9.17) is 9.41 Å².